The summed E-state index contributed by atoms with van der Waals surface area (Å²) >= 11 is 0. The lowest BCUT2D eigenvalue weighted by Gasteiger charge is -2.37. The lowest BCUT2D eigenvalue weighted by Crippen LogP contribution is -2.61. The Balaban J connectivity index is 1.84. The summed E-state index contributed by atoms with van der Waals surface area (Å²) in [5.74, 6) is -2.14. The number of hydrogen-bond donors (Lipinski definition) is 2. The Bertz CT molecular complexity index is 720. The predicted octanol–water partition coefficient (Wildman–Crippen LogP) is 3.35. The molecule has 1 aliphatic heterocycles. The van der Waals surface area contributed by atoms with Crippen LogP contribution in [-0.2, 0) is 11.2 Å². The van der Waals surface area contributed by atoms with Crippen molar-refractivity contribution in [2.75, 3.05) is 0 Å². The van der Waals surface area contributed by atoms with Gasteiger partial charge in [-0.25, -0.2) is 0 Å². The molecule has 1 fully saturated rings. The largest absolute Gasteiger partial charge is 0.508 e. The molecule has 1 aliphatic carbocycles. The first-order valence-corrected chi connectivity index (χ1v) is 8.71. The molecule has 8 heteroatoms. The Kier molecular flexibility index (Phi) is 4.96. The van der Waals surface area contributed by atoms with Crippen LogP contribution in [0.1, 0.15) is 44.1 Å². The number of hydrogen-bond acceptors (Lipinski definition) is 4. The maximum atomic E-state index is 13.7. The molecule has 2 atom stereocenters. The first kappa shape index (κ1) is 18.7. The lowest BCUT2D eigenvalue weighted by molar-refractivity contribution is -0.316. The average Bonchev–Trinajstić information content (AvgIpc) is 2.73. The number of phenolic OH excluding ortho intramolecular Hbond substituents is 1. The number of amides is 1. The van der Waals surface area contributed by atoms with Gasteiger partial charge in [0.1, 0.15) is 5.75 Å². The monoisotopic (exact) mass is 370 g/mol. The first-order valence-electron chi connectivity index (χ1n) is 8.71. The van der Waals surface area contributed by atoms with Crippen LogP contribution >= 0.6 is 0 Å². The SMILES string of the molecule is O=C(CCc1ccccc1O)N1N=C2CCCCC[C@@H]2[C@]1(O)C(F)(F)F. The minimum Gasteiger partial charge on any atom is -0.508 e. The van der Waals surface area contributed by atoms with Gasteiger partial charge in [-0.1, -0.05) is 31.0 Å². The van der Waals surface area contributed by atoms with Gasteiger partial charge in [0, 0.05) is 12.1 Å². The summed E-state index contributed by atoms with van der Waals surface area (Å²) in [6, 6.07) is 6.32. The second-order valence-corrected chi connectivity index (χ2v) is 6.80. The summed E-state index contributed by atoms with van der Waals surface area (Å²) in [5, 5.41) is 24.4. The highest BCUT2D eigenvalue weighted by Gasteiger charge is 2.67. The van der Waals surface area contributed by atoms with E-state index in [4.69, 9.17) is 0 Å². The van der Waals surface area contributed by atoms with Gasteiger partial charge >= 0.3 is 6.18 Å². The molecule has 2 N–H and O–H groups in total. The molecule has 0 saturated heterocycles. The number of aryl methyl sites for hydroxylation is 1. The molecule has 1 heterocycles. The fourth-order valence-electron chi connectivity index (χ4n) is 3.71. The van der Waals surface area contributed by atoms with E-state index in [0.717, 1.165) is 6.42 Å². The number of halogens is 3. The van der Waals surface area contributed by atoms with Crippen molar-refractivity contribution in [2.24, 2.45) is 11.0 Å². The molecular weight excluding hydrogens is 349 g/mol. The van der Waals surface area contributed by atoms with Crippen LogP contribution in [0.15, 0.2) is 29.4 Å². The smallest absolute Gasteiger partial charge is 0.439 e. The minimum atomic E-state index is -5.00. The van der Waals surface area contributed by atoms with Crippen LogP contribution < -0.4 is 0 Å². The maximum absolute atomic E-state index is 13.7. The van der Waals surface area contributed by atoms with E-state index >= 15 is 0 Å². The molecule has 3 rings (SSSR count). The second kappa shape index (κ2) is 6.90. The van der Waals surface area contributed by atoms with Crippen LogP contribution in [0.3, 0.4) is 0 Å². The van der Waals surface area contributed by atoms with E-state index in [9.17, 15) is 28.2 Å². The third-order valence-corrected chi connectivity index (χ3v) is 5.12. The van der Waals surface area contributed by atoms with E-state index < -0.39 is 23.7 Å². The third-order valence-electron chi connectivity index (χ3n) is 5.12. The second-order valence-electron chi connectivity index (χ2n) is 6.80. The molecule has 0 radical (unpaired) electrons. The fourth-order valence-corrected chi connectivity index (χ4v) is 3.71. The van der Waals surface area contributed by atoms with Crippen LogP contribution in [0.4, 0.5) is 13.2 Å². The van der Waals surface area contributed by atoms with E-state index in [1.807, 2.05) is 0 Å². The summed E-state index contributed by atoms with van der Waals surface area (Å²) in [6.07, 6.45) is -2.69. The first-order chi connectivity index (χ1) is 12.2. The van der Waals surface area contributed by atoms with E-state index in [2.05, 4.69) is 5.10 Å². The Labute approximate surface area is 149 Å². The molecule has 1 saturated carbocycles. The molecule has 142 valence electrons. The van der Waals surface area contributed by atoms with Gasteiger partial charge in [0.15, 0.2) is 0 Å². The summed E-state index contributed by atoms with van der Waals surface area (Å²) in [5.41, 5.74) is -2.58. The van der Waals surface area contributed by atoms with Crippen molar-refractivity contribution in [3.8, 4) is 5.75 Å². The number of carbonyl (C=O) groups is 1. The van der Waals surface area contributed by atoms with E-state index in [1.54, 1.807) is 18.2 Å². The van der Waals surface area contributed by atoms with E-state index in [1.165, 1.54) is 6.07 Å². The van der Waals surface area contributed by atoms with Crippen molar-refractivity contribution in [1.82, 2.24) is 5.01 Å². The van der Waals surface area contributed by atoms with Crippen LogP contribution in [0.25, 0.3) is 0 Å². The molecule has 0 unspecified atom stereocenters. The van der Waals surface area contributed by atoms with Gasteiger partial charge in [0.2, 0.25) is 5.91 Å². The molecule has 5 nitrogen and oxygen atoms in total. The normalized spacial score (nSPS) is 26.2. The van der Waals surface area contributed by atoms with Gasteiger partial charge in [0.25, 0.3) is 5.72 Å². The van der Waals surface area contributed by atoms with Gasteiger partial charge < -0.3 is 10.2 Å². The number of nitrogens with zero attached hydrogens (tertiary/aromatic N) is 2. The number of para-hydroxylation sites is 1. The zero-order valence-electron chi connectivity index (χ0n) is 14.2. The zero-order valence-corrected chi connectivity index (χ0v) is 14.2. The summed E-state index contributed by atoms with van der Waals surface area (Å²) in [6.45, 7) is 0. The van der Waals surface area contributed by atoms with E-state index in [-0.39, 0.29) is 35.7 Å². The Morgan fingerprint density at radius 3 is 2.69 bits per heavy atom. The van der Waals surface area contributed by atoms with Crippen molar-refractivity contribution in [3.63, 3.8) is 0 Å². The quantitative estimate of drug-likeness (QED) is 0.857. The van der Waals surface area contributed by atoms with Crippen LogP contribution in [0.2, 0.25) is 0 Å². The summed E-state index contributed by atoms with van der Waals surface area (Å²) in [4.78, 5) is 12.5. The van der Waals surface area contributed by atoms with Gasteiger partial charge in [0.05, 0.1) is 5.92 Å². The third kappa shape index (κ3) is 3.18. The molecule has 0 bridgehead atoms. The van der Waals surface area contributed by atoms with Crippen molar-refractivity contribution in [2.45, 2.75) is 56.8 Å². The molecule has 0 spiro atoms. The van der Waals surface area contributed by atoms with Crippen LogP contribution in [0, 0.1) is 5.92 Å². The molecule has 1 amide bonds. The number of hydrazone groups is 1. The van der Waals surface area contributed by atoms with Crippen LogP contribution in [0.5, 0.6) is 5.75 Å². The number of aromatic hydroxyl groups is 1. The Morgan fingerprint density at radius 2 is 2.00 bits per heavy atom. The Hall–Kier alpha value is -2.09. The average molecular weight is 370 g/mol. The Morgan fingerprint density at radius 1 is 1.27 bits per heavy atom. The molecule has 26 heavy (non-hydrogen) atoms. The van der Waals surface area contributed by atoms with Crippen molar-refractivity contribution in [1.29, 1.82) is 0 Å². The molecule has 1 aromatic carbocycles. The summed E-state index contributed by atoms with van der Waals surface area (Å²) < 4.78 is 41.2. The van der Waals surface area contributed by atoms with Gasteiger partial charge in [-0.2, -0.15) is 23.3 Å². The van der Waals surface area contributed by atoms with Crippen molar-refractivity contribution >= 4 is 11.6 Å². The number of fused-ring (bicyclic) bond motifs is 1. The van der Waals surface area contributed by atoms with Gasteiger partial charge in [-0.15, -0.1) is 0 Å². The molecular formula is C18H21F3N2O3. The number of rotatable bonds is 3. The molecule has 0 aromatic heterocycles. The van der Waals surface area contributed by atoms with Crippen molar-refractivity contribution < 1.29 is 28.2 Å². The highest BCUT2D eigenvalue weighted by molar-refractivity contribution is 5.93. The standard InChI is InChI=1S/C18H21F3N2O3/c19-18(20,21)17(26)13-7-2-1-3-8-14(13)22-23(17)16(25)11-10-12-6-4-5-9-15(12)24/h4-6,9,13,24,26H,1-3,7-8,10-11H2/t13-,17-/m0/s1. The number of benzene rings is 1. The lowest BCUT2D eigenvalue weighted by atomic mass is 9.87. The molecule has 2 aliphatic rings. The number of phenols is 1. The maximum Gasteiger partial charge on any atom is 0.439 e. The highest BCUT2D eigenvalue weighted by Crippen LogP contribution is 2.47. The highest BCUT2D eigenvalue weighted by atomic mass is 19.4. The van der Waals surface area contributed by atoms with Crippen molar-refractivity contribution in [3.05, 3.63) is 29.8 Å². The number of carbonyl (C=O) groups excluding carboxylic acids is 1. The molecule has 1 aromatic rings. The van der Waals surface area contributed by atoms with Gasteiger partial charge in [-0.3, -0.25) is 4.79 Å². The fraction of sp³-hybridized carbons (Fsp3) is 0.556. The van der Waals surface area contributed by atoms with Crippen LogP contribution in [-0.4, -0.2) is 38.7 Å². The number of aliphatic hydroxyl groups is 1. The van der Waals surface area contributed by atoms with E-state index in [0.29, 0.717) is 24.8 Å². The predicted molar refractivity (Wildman–Crippen MR) is 88.3 cm³/mol. The number of alkyl halides is 3. The summed E-state index contributed by atoms with van der Waals surface area (Å²) in [7, 11) is 0. The minimum absolute atomic E-state index is 0.0238. The van der Waals surface area contributed by atoms with Gasteiger partial charge in [-0.05, 0) is 37.3 Å². The zero-order chi connectivity index (χ0) is 18.9. The topological polar surface area (TPSA) is 73.1 Å².